The summed E-state index contributed by atoms with van der Waals surface area (Å²) in [6, 6.07) is 7.30. The van der Waals surface area contributed by atoms with Crippen molar-refractivity contribution in [2.75, 3.05) is 17.6 Å². The number of nitrogens with one attached hydrogen (secondary N) is 1. The molecule has 1 aromatic carbocycles. The van der Waals surface area contributed by atoms with Crippen LogP contribution in [0.1, 0.15) is 35.7 Å². The maximum Gasteiger partial charge on any atom is 0.254 e. The SMILES string of the molecule is CCSCc1ccc(C(=O)N2CCC[C@H]2C(=O)Nc2nccs2)cc1. The maximum absolute atomic E-state index is 12.8. The number of thioether (sulfide) groups is 1. The van der Waals surface area contributed by atoms with Crippen LogP contribution < -0.4 is 5.32 Å². The molecule has 132 valence electrons. The van der Waals surface area contributed by atoms with Crippen LogP contribution in [0.4, 0.5) is 5.13 Å². The van der Waals surface area contributed by atoms with Gasteiger partial charge in [-0.1, -0.05) is 19.1 Å². The summed E-state index contributed by atoms with van der Waals surface area (Å²) in [4.78, 5) is 31.1. The number of hydrogen-bond donors (Lipinski definition) is 1. The second-order valence-corrected chi connectivity index (χ2v) is 7.99. The Morgan fingerprint density at radius 3 is 2.84 bits per heavy atom. The van der Waals surface area contributed by atoms with Gasteiger partial charge >= 0.3 is 0 Å². The van der Waals surface area contributed by atoms with E-state index >= 15 is 0 Å². The fraction of sp³-hybridized carbons (Fsp3) is 0.389. The van der Waals surface area contributed by atoms with Gasteiger partial charge in [0.1, 0.15) is 6.04 Å². The van der Waals surface area contributed by atoms with E-state index in [1.165, 1.54) is 16.9 Å². The Balaban J connectivity index is 1.66. The predicted octanol–water partition coefficient (Wildman–Crippen LogP) is 3.64. The fourth-order valence-electron chi connectivity index (χ4n) is 2.89. The molecule has 0 unspecified atom stereocenters. The molecule has 0 spiro atoms. The average Bonchev–Trinajstić information content (AvgIpc) is 3.31. The molecule has 0 saturated carbocycles. The standard InChI is InChI=1S/C18H21N3O2S2/c1-2-24-12-13-5-7-14(8-6-13)17(23)21-10-3-4-15(21)16(22)20-18-19-9-11-25-18/h5-9,11,15H,2-4,10,12H2,1H3,(H,19,20,22)/t15-/m0/s1. The lowest BCUT2D eigenvalue weighted by Crippen LogP contribution is -2.43. The summed E-state index contributed by atoms with van der Waals surface area (Å²) in [5.41, 5.74) is 1.85. The minimum absolute atomic E-state index is 0.0773. The van der Waals surface area contributed by atoms with E-state index in [9.17, 15) is 9.59 Å². The van der Waals surface area contributed by atoms with Crippen LogP contribution in [-0.2, 0) is 10.5 Å². The Hall–Kier alpha value is -1.86. The first-order valence-corrected chi connectivity index (χ1v) is 10.4. The predicted molar refractivity (Wildman–Crippen MR) is 103 cm³/mol. The minimum atomic E-state index is -0.424. The molecule has 0 radical (unpaired) electrons. The van der Waals surface area contributed by atoms with Gasteiger partial charge in [-0.25, -0.2) is 4.98 Å². The molecule has 7 heteroatoms. The van der Waals surface area contributed by atoms with Crippen molar-refractivity contribution in [1.29, 1.82) is 0 Å². The van der Waals surface area contributed by atoms with Crippen LogP contribution in [0.25, 0.3) is 0 Å². The molecule has 1 aliphatic heterocycles. The van der Waals surface area contributed by atoms with Crippen molar-refractivity contribution in [2.45, 2.75) is 31.6 Å². The Labute approximate surface area is 155 Å². The van der Waals surface area contributed by atoms with Crippen molar-refractivity contribution in [2.24, 2.45) is 0 Å². The lowest BCUT2D eigenvalue weighted by Gasteiger charge is -2.23. The summed E-state index contributed by atoms with van der Waals surface area (Å²) >= 11 is 3.23. The van der Waals surface area contributed by atoms with Crippen LogP contribution in [0.5, 0.6) is 0 Å². The lowest BCUT2D eigenvalue weighted by atomic mass is 10.1. The number of rotatable bonds is 6. The molecular weight excluding hydrogens is 354 g/mol. The average molecular weight is 376 g/mol. The molecule has 2 heterocycles. The van der Waals surface area contributed by atoms with Crippen LogP contribution in [0.15, 0.2) is 35.8 Å². The highest BCUT2D eigenvalue weighted by atomic mass is 32.2. The highest BCUT2D eigenvalue weighted by Gasteiger charge is 2.34. The fourth-order valence-corrected chi connectivity index (χ4v) is 4.05. The van der Waals surface area contributed by atoms with Crippen LogP contribution in [0.3, 0.4) is 0 Å². The van der Waals surface area contributed by atoms with Gasteiger partial charge in [0, 0.05) is 29.4 Å². The van der Waals surface area contributed by atoms with Gasteiger partial charge < -0.3 is 10.2 Å². The number of nitrogens with zero attached hydrogens (tertiary/aromatic N) is 2. The van der Waals surface area contributed by atoms with Crippen molar-refractivity contribution in [3.05, 3.63) is 47.0 Å². The van der Waals surface area contributed by atoms with Gasteiger partial charge in [-0.2, -0.15) is 11.8 Å². The Kier molecular flexibility index (Phi) is 6.09. The van der Waals surface area contributed by atoms with E-state index in [1.807, 2.05) is 41.4 Å². The number of carbonyl (C=O) groups excluding carboxylic acids is 2. The van der Waals surface area contributed by atoms with Gasteiger partial charge in [0.2, 0.25) is 5.91 Å². The van der Waals surface area contributed by atoms with Crippen molar-refractivity contribution in [3.63, 3.8) is 0 Å². The van der Waals surface area contributed by atoms with Crippen molar-refractivity contribution in [3.8, 4) is 0 Å². The summed E-state index contributed by atoms with van der Waals surface area (Å²) in [5, 5.41) is 5.19. The van der Waals surface area contributed by atoms with Crippen molar-refractivity contribution >= 4 is 40.0 Å². The largest absolute Gasteiger partial charge is 0.327 e. The molecule has 1 fully saturated rings. The third kappa shape index (κ3) is 4.41. The molecule has 1 aromatic heterocycles. The number of carbonyl (C=O) groups is 2. The highest BCUT2D eigenvalue weighted by Crippen LogP contribution is 2.23. The van der Waals surface area contributed by atoms with Crippen molar-refractivity contribution < 1.29 is 9.59 Å². The maximum atomic E-state index is 12.8. The first-order valence-electron chi connectivity index (χ1n) is 8.37. The normalized spacial score (nSPS) is 16.8. The molecule has 1 N–H and O–H groups in total. The first-order chi connectivity index (χ1) is 12.2. The number of hydrogen-bond acceptors (Lipinski definition) is 5. The summed E-state index contributed by atoms with van der Waals surface area (Å²) < 4.78 is 0. The number of thiazole rings is 1. The third-order valence-electron chi connectivity index (χ3n) is 4.15. The summed E-state index contributed by atoms with van der Waals surface area (Å²) in [6.45, 7) is 2.75. The molecule has 1 atom stereocenters. The zero-order valence-electron chi connectivity index (χ0n) is 14.1. The van der Waals surface area contributed by atoms with Gasteiger partial charge in [0.05, 0.1) is 0 Å². The van der Waals surface area contributed by atoms with E-state index in [1.54, 1.807) is 11.1 Å². The van der Waals surface area contributed by atoms with Gasteiger partial charge in [0.15, 0.2) is 5.13 Å². The number of likely N-dealkylation sites (tertiary alicyclic amines) is 1. The first kappa shape index (κ1) is 17.9. The molecule has 0 bridgehead atoms. The number of aromatic nitrogens is 1. The van der Waals surface area contributed by atoms with E-state index in [0.29, 0.717) is 23.7 Å². The van der Waals surface area contributed by atoms with Gasteiger partial charge in [-0.05, 0) is 36.3 Å². The van der Waals surface area contributed by atoms with E-state index in [2.05, 4.69) is 17.2 Å². The highest BCUT2D eigenvalue weighted by molar-refractivity contribution is 7.98. The van der Waals surface area contributed by atoms with Crippen molar-refractivity contribution in [1.82, 2.24) is 9.88 Å². The molecule has 2 aromatic rings. The molecule has 5 nitrogen and oxygen atoms in total. The number of benzene rings is 1. The van der Waals surface area contributed by atoms with Gasteiger partial charge in [0.25, 0.3) is 5.91 Å². The van der Waals surface area contributed by atoms with E-state index < -0.39 is 6.04 Å². The van der Waals surface area contributed by atoms with E-state index in [0.717, 1.165) is 17.9 Å². The monoisotopic (exact) mass is 375 g/mol. The number of amides is 2. The van der Waals surface area contributed by atoms with E-state index in [4.69, 9.17) is 0 Å². The van der Waals surface area contributed by atoms with Gasteiger partial charge in [-0.3, -0.25) is 9.59 Å². The summed E-state index contributed by atoms with van der Waals surface area (Å²) in [7, 11) is 0. The van der Waals surface area contributed by atoms with E-state index in [-0.39, 0.29) is 11.8 Å². The Morgan fingerprint density at radius 2 is 2.16 bits per heavy atom. The number of anilines is 1. The quantitative estimate of drug-likeness (QED) is 0.837. The zero-order valence-corrected chi connectivity index (χ0v) is 15.7. The second-order valence-electron chi connectivity index (χ2n) is 5.82. The third-order valence-corrected chi connectivity index (χ3v) is 5.79. The molecule has 2 amide bonds. The topological polar surface area (TPSA) is 62.3 Å². The molecule has 3 rings (SSSR count). The van der Waals surface area contributed by atoms with Crippen LogP contribution in [0, 0.1) is 0 Å². The zero-order chi connectivity index (χ0) is 17.6. The molecule has 25 heavy (non-hydrogen) atoms. The molecular formula is C18H21N3O2S2. The molecule has 1 aliphatic rings. The van der Waals surface area contributed by atoms with Crippen LogP contribution in [-0.4, -0.2) is 40.0 Å². The summed E-state index contributed by atoms with van der Waals surface area (Å²) in [5.74, 6) is 1.79. The van der Waals surface area contributed by atoms with Gasteiger partial charge in [-0.15, -0.1) is 11.3 Å². The Morgan fingerprint density at radius 1 is 1.36 bits per heavy atom. The Bertz CT molecular complexity index is 716. The smallest absolute Gasteiger partial charge is 0.254 e. The summed E-state index contributed by atoms with van der Waals surface area (Å²) in [6.07, 6.45) is 3.18. The lowest BCUT2D eigenvalue weighted by molar-refractivity contribution is -0.119. The molecule has 1 saturated heterocycles. The van der Waals surface area contributed by atoms with Crippen LogP contribution in [0.2, 0.25) is 0 Å². The minimum Gasteiger partial charge on any atom is -0.327 e. The second kappa shape index (κ2) is 8.49. The molecule has 0 aliphatic carbocycles. The van der Waals surface area contributed by atoms with Crippen LogP contribution >= 0.6 is 23.1 Å².